The van der Waals surface area contributed by atoms with Crippen molar-refractivity contribution in [3.63, 3.8) is 0 Å². The standard InChI is InChI=1S/C17H20O2S/c1-12-10-13(2)14(3)16(11-12)19-8-4-6-15(18)17-7-5-9-20-17/h5,7,9-11H,4,6,8H2,1-3H3. The average Bonchev–Trinajstić information content (AvgIpc) is 2.93. The molecule has 2 rings (SSSR count). The lowest BCUT2D eigenvalue weighted by Gasteiger charge is -2.12. The molecule has 1 heterocycles. The van der Waals surface area contributed by atoms with Crippen molar-refractivity contribution in [1.29, 1.82) is 0 Å². The van der Waals surface area contributed by atoms with Crippen LogP contribution in [0.3, 0.4) is 0 Å². The van der Waals surface area contributed by atoms with Crippen LogP contribution in [0.5, 0.6) is 5.75 Å². The molecule has 0 saturated carbocycles. The third kappa shape index (κ3) is 3.70. The number of rotatable bonds is 6. The molecule has 0 atom stereocenters. The molecule has 0 aliphatic heterocycles. The minimum atomic E-state index is 0.209. The molecule has 1 aromatic carbocycles. The van der Waals surface area contributed by atoms with Gasteiger partial charge in [0.25, 0.3) is 0 Å². The Bertz CT molecular complexity index is 585. The van der Waals surface area contributed by atoms with E-state index in [0.717, 1.165) is 17.0 Å². The number of ether oxygens (including phenoxy) is 1. The molecule has 0 aliphatic rings. The molecule has 0 saturated heterocycles. The molecule has 0 aliphatic carbocycles. The monoisotopic (exact) mass is 288 g/mol. The van der Waals surface area contributed by atoms with E-state index in [1.165, 1.54) is 28.0 Å². The van der Waals surface area contributed by atoms with Gasteiger partial charge in [0.05, 0.1) is 11.5 Å². The van der Waals surface area contributed by atoms with Crippen LogP contribution in [-0.2, 0) is 0 Å². The first-order valence-electron chi connectivity index (χ1n) is 6.85. The molecule has 0 radical (unpaired) electrons. The van der Waals surface area contributed by atoms with Gasteiger partial charge in [-0.25, -0.2) is 0 Å². The first-order chi connectivity index (χ1) is 9.58. The quantitative estimate of drug-likeness (QED) is 0.568. The van der Waals surface area contributed by atoms with E-state index in [1.54, 1.807) is 0 Å². The van der Waals surface area contributed by atoms with Crippen LogP contribution in [-0.4, -0.2) is 12.4 Å². The number of carbonyl (C=O) groups is 1. The van der Waals surface area contributed by atoms with Crippen LogP contribution >= 0.6 is 11.3 Å². The van der Waals surface area contributed by atoms with E-state index in [-0.39, 0.29) is 5.78 Å². The highest BCUT2D eigenvalue weighted by Crippen LogP contribution is 2.23. The highest BCUT2D eigenvalue weighted by molar-refractivity contribution is 7.12. The molecule has 2 nitrogen and oxygen atoms in total. The molecule has 1 aromatic heterocycles. The van der Waals surface area contributed by atoms with Gasteiger partial charge in [0.15, 0.2) is 5.78 Å². The highest BCUT2D eigenvalue weighted by atomic mass is 32.1. The summed E-state index contributed by atoms with van der Waals surface area (Å²) in [5.41, 5.74) is 3.63. The SMILES string of the molecule is Cc1cc(C)c(C)c(OCCCC(=O)c2cccs2)c1. The zero-order chi connectivity index (χ0) is 14.5. The first kappa shape index (κ1) is 14.8. The molecule has 3 heteroatoms. The van der Waals surface area contributed by atoms with Crippen LogP contribution in [0.1, 0.15) is 39.2 Å². The Labute approximate surface area is 124 Å². The summed E-state index contributed by atoms with van der Waals surface area (Å²) in [5, 5.41) is 1.93. The number of thiophene rings is 1. The second-order valence-corrected chi connectivity index (χ2v) is 6.01. The van der Waals surface area contributed by atoms with Gasteiger partial charge < -0.3 is 4.74 Å². The Balaban J connectivity index is 1.83. The molecule has 20 heavy (non-hydrogen) atoms. The van der Waals surface area contributed by atoms with Crippen LogP contribution in [0.2, 0.25) is 0 Å². The van der Waals surface area contributed by atoms with Crippen molar-refractivity contribution in [2.75, 3.05) is 6.61 Å². The second kappa shape index (κ2) is 6.71. The smallest absolute Gasteiger partial charge is 0.172 e. The fraction of sp³-hybridized carbons (Fsp3) is 0.353. The van der Waals surface area contributed by atoms with Crippen molar-refractivity contribution in [3.8, 4) is 5.75 Å². The van der Waals surface area contributed by atoms with E-state index in [2.05, 4.69) is 32.9 Å². The molecular formula is C17H20O2S. The number of Topliss-reactive ketones (excluding diaryl/α,β-unsaturated/α-hetero) is 1. The Morgan fingerprint density at radius 2 is 2.05 bits per heavy atom. The third-order valence-electron chi connectivity index (χ3n) is 3.37. The molecule has 106 valence electrons. The normalized spacial score (nSPS) is 10.6. The maximum atomic E-state index is 11.8. The Kier molecular flexibility index (Phi) is 4.96. The molecule has 0 fully saturated rings. The number of aryl methyl sites for hydroxylation is 2. The summed E-state index contributed by atoms with van der Waals surface area (Å²) in [6, 6.07) is 8.00. The molecule has 0 unspecified atom stereocenters. The summed E-state index contributed by atoms with van der Waals surface area (Å²) in [6.45, 7) is 6.82. The van der Waals surface area contributed by atoms with Gasteiger partial charge in [-0.15, -0.1) is 11.3 Å². The minimum Gasteiger partial charge on any atom is -0.493 e. The summed E-state index contributed by atoms with van der Waals surface area (Å²) >= 11 is 1.50. The fourth-order valence-electron chi connectivity index (χ4n) is 2.13. The topological polar surface area (TPSA) is 26.3 Å². The van der Waals surface area contributed by atoms with E-state index in [4.69, 9.17) is 4.74 Å². The molecule has 2 aromatic rings. The van der Waals surface area contributed by atoms with Crippen LogP contribution < -0.4 is 4.74 Å². The van der Waals surface area contributed by atoms with Gasteiger partial charge in [-0.1, -0.05) is 12.1 Å². The van der Waals surface area contributed by atoms with Crippen LogP contribution in [0.25, 0.3) is 0 Å². The number of benzene rings is 1. The summed E-state index contributed by atoms with van der Waals surface area (Å²) < 4.78 is 5.82. The Morgan fingerprint density at radius 3 is 2.75 bits per heavy atom. The van der Waals surface area contributed by atoms with Crippen LogP contribution in [0, 0.1) is 20.8 Å². The van der Waals surface area contributed by atoms with Crippen molar-refractivity contribution in [1.82, 2.24) is 0 Å². The van der Waals surface area contributed by atoms with Crippen LogP contribution in [0.15, 0.2) is 29.6 Å². The first-order valence-corrected chi connectivity index (χ1v) is 7.73. The summed E-state index contributed by atoms with van der Waals surface area (Å²) in [5.74, 6) is 1.15. The number of carbonyl (C=O) groups excluding carboxylic acids is 1. The van der Waals surface area contributed by atoms with E-state index in [0.29, 0.717) is 13.0 Å². The summed E-state index contributed by atoms with van der Waals surface area (Å²) in [4.78, 5) is 12.7. The Hall–Kier alpha value is -1.61. The van der Waals surface area contributed by atoms with Gasteiger partial charge in [-0.3, -0.25) is 4.79 Å². The summed E-state index contributed by atoms with van der Waals surface area (Å²) in [7, 11) is 0. The van der Waals surface area contributed by atoms with E-state index < -0.39 is 0 Å². The van der Waals surface area contributed by atoms with Gasteiger partial charge in [-0.05, 0) is 61.4 Å². The van der Waals surface area contributed by atoms with Crippen molar-refractivity contribution >= 4 is 17.1 Å². The maximum absolute atomic E-state index is 11.8. The number of ketones is 1. The van der Waals surface area contributed by atoms with E-state index >= 15 is 0 Å². The van der Waals surface area contributed by atoms with Crippen LogP contribution in [0.4, 0.5) is 0 Å². The maximum Gasteiger partial charge on any atom is 0.172 e. The van der Waals surface area contributed by atoms with Gasteiger partial charge in [0, 0.05) is 6.42 Å². The van der Waals surface area contributed by atoms with Crippen molar-refractivity contribution in [2.24, 2.45) is 0 Å². The Morgan fingerprint density at radius 1 is 1.25 bits per heavy atom. The molecule has 0 spiro atoms. The molecule has 0 bridgehead atoms. The lowest BCUT2D eigenvalue weighted by Crippen LogP contribution is -2.04. The van der Waals surface area contributed by atoms with Crippen molar-refractivity contribution in [2.45, 2.75) is 33.6 Å². The zero-order valence-corrected chi connectivity index (χ0v) is 13.0. The van der Waals surface area contributed by atoms with Crippen molar-refractivity contribution in [3.05, 3.63) is 51.2 Å². The van der Waals surface area contributed by atoms with Crippen molar-refractivity contribution < 1.29 is 9.53 Å². The second-order valence-electron chi connectivity index (χ2n) is 5.06. The van der Waals surface area contributed by atoms with Gasteiger partial charge in [0.1, 0.15) is 5.75 Å². The number of hydrogen-bond acceptors (Lipinski definition) is 3. The summed E-state index contributed by atoms with van der Waals surface area (Å²) in [6.07, 6.45) is 1.30. The largest absolute Gasteiger partial charge is 0.493 e. The van der Waals surface area contributed by atoms with Gasteiger partial charge in [0.2, 0.25) is 0 Å². The lowest BCUT2D eigenvalue weighted by atomic mass is 10.1. The molecular weight excluding hydrogens is 268 g/mol. The van der Waals surface area contributed by atoms with Gasteiger partial charge >= 0.3 is 0 Å². The van der Waals surface area contributed by atoms with E-state index in [1.807, 2.05) is 17.5 Å². The fourth-order valence-corrected chi connectivity index (χ4v) is 2.82. The highest BCUT2D eigenvalue weighted by Gasteiger charge is 2.07. The zero-order valence-electron chi connectivity index (χ0n) is 12.2. The molecule has 0 N–H and O–H groups in total. The minimum absolute atomic E-state index is 0.209. The predicted octanol–water partition coefficient (Wildman–Crippen LogP) is 4.72. The average molecular weight is 288 g/mol. The third-order valence-corrected chi connectivity index (χ3v) is 4.28. The van der Waals surface area contributed by atoms with Gasteiger partial charge in [-0.2, -0.15) is 0 Å². The lowest BCUT2D eigenvalue weighted by molar-refractivity contribution is 0.0977. The van der Waals surface area contributed by atoms with E-state index in [9.17, 15) is 4.79 Å². The number of hydrogen-bond donors (Lipinski definition) is 0. The molecule has 0 amide bonds. The predicted molar refractivity (Wildman–Crippen MR) is 84.0 cm³/mol.